The fourth-order valence-electron chi connectivity index (χ4n) is 1.06. The molecule has 0 aliphatic carbocycles. The van der Waals surface area contributed by atoms with Crippen molar-refractivity contribution in [1.82, 2.24) is 0 Å². The van der Waals surface area contributed by atoms with E-state index in [9.17, 15) is 0 Å². The molecule has 1 aliphatic rings. The molecule has 1 rings (SSSR count). The number of ether oxygens (including phenoxy) is 3. The zero-order chi connectivity index (χ0) is 8.10. The van der Waals surface area contributed by atoms with Crippen LogP contribution in [-0.4, -0.2) is 32.2 Å². The van der Waals surface area contributed by atoms with E-state index < -0.39 is 0 Å². The third-order valence-corrected chi connectivity index (χ3v) is 1.60. The van der Waals surface area contributed by atoms with Gasteiger partial charge in [-0.1, -0.05) is 0 Å². The molecule has 0 unspecified atom stereocenters. The van der Waals surface area contributed by atoms with E-state index in [0.29, 0.717) is 0 Å². The Morgan fingerprint density at radius 3 is 2.91 bits per heavy atom. The predicted molar refractivity (Wildman–Crippen MR) is 41.4 cm³/mol. The van der Waals surface area contributed by atoms with Crippen LogP contribution in [0.2, 0.25) is 0 Å². The summed E-state index contributed by atoms with van der Waals surface area (Å²) in [6.07, 6.45) is 1.07. The van der Waals surface area contributed by atoms with Gasteiger partial charge in [0.2, 0.25) is 0 Å². The lowest BCUT2D eigenvalue weighted by molar-refractivity contribution is -0.0719. The van der Waals surface area contributed by atoms with Crippen molar-refractivity contribution in [2.24, 2.45) is 0 Å². The van der Waals surface area contributed by atoms with Crippen LogP contribution in [0, 0.1) is 0 Å². The van der Waals surface area contributed by atoms with Crippen LogP contribution in [0.15, 0.2) is 0 Å². The van der Waals surface area contributed by atoms with E-state index in [0.717, 1.165) is 26.2 Å². The molecule has 0 bridgehead atoms. The molecule has 66 valence electrons. The minimum absolute atomic E-state index is 0.0310. The van der Waals surface area contributed by atoms with Crippen LogP contribution in [0.1, 0.15) is 20.3 Å². The summed E-state index contributed by atoms with van der Waals surface area (Å²) in [5.74, 6) is 0. The van der Waals surface area contributed by atoms with Crippen molar-refractivity contribution in [3.63, 3.8) is 0 Å². The van der Waals surface area contributed by atoms with Crippen molar-refractivity contribution >= 4 is 0 Å². The summed E-state index contributed by atoms with van der Waals surface area (Å²) < 4.78 is 15.9. The third kappa shape index (κ3) is 3.18. The molecule has 0 aromatic rings. The Bertz CT molecular complexity index is 106. The molecular weight excluding hydrogens is 144 g/mol. The first-order valence-electron chi connectivity index (χ1n) is 4.17. The maximum absolute atomic E-state index is 5.41. The van der Waals surface area contributed by atoms with Gasteiger partial charge < -0.3 is 14.2 Å². The van der Waals surface area contributed by atoms with E-state index in [4.69, 9.17) is 14.2 Å². The van der Waals surface area contributed by atoms with Crippen molar-refractivity contribution in [3.8, 4) is 0 Å². The summed E-state index contributed by atoms with van der Waals surface area (Å²) in [5, 5.41) is 0. The quantitative estimate of drug-likeness (QED) is 0.578. The van der Waals surface area contributed by atoms with Gasteiger partial charge >= 0.3 is 0 Å². The highest BCUT2D eigenvalue weighted by Crippen LogP contribution is 2.13. The molecule has 1 heterocycles. The van der Waals surface area contributed by atoms with Crippen LogP contribution in [-0.2, 0) is 14.2 Å². The number of hydrogen-bond acceptors (Lipinski definition) is 3. The van der Waals surface area contributed by atoms with Crippen molar-refractivity contribution in [1.29, 1.82) is 0 Å². The molecule has 0 N–H and O–H groups in total. The molecule has 0 spiro atoms. The van der Waals surface area contributed by atoms with Crippen molar-refractivity contribution in [3.05, 3.63) is 0 Å². The monoisotopic (exact) mass is 160 g/mol. The van der Waals surface area contributed by atoms with Crippen LogP contribution in [0.5, 0.6) is 0 Å². The van der Waals surface area contributed by atoms with E-state index >= 15 is 0 Å². The molecule has 1 aliphatic heterocycles. The highest BCUT2D eigenvalue weighted by molar-refractivity contribution is 4.59. The molecule has 0 aromatic carbocycles. The number of rotatable bonds is 4. The van der Waals surface area contributed by atoms with E-state index in [1.165, 1.54) is 0 Å². The van der Waals surface area contributed by atoms with Gasteiger partial charge in [0.25, 0.3) is 0 Å². The summed E-state index contributed by atoms with van der Waals surface area (Å²) in [7, 11) is 0. The fourth-order valence-corrected chi connectivity index (χ4v) is 1.06. The SMILES string of the molecule is CCOCC[C@@H]1OC[C@H](C)O1. The normalized spacial score (nSPS) is 31.1. The summed E-state index contributed by atoms with van der Waals surface area (Å²) in [6.45, 7) is 6.21. The minimum atomic E-state index is -0.0310. The standard InChI is InChI=1S/C8H16O3/c1-3-9-5-4-8-10-6-7(2)11-8/h7-8H,3-6H2,1-2H3/t7-,8+/m0/s1. The zero-order valence-corrected chi connectivity index (χ0v) is 7.21. The third-order valence-electron chi connectivity index (χ3n) is 1.60. The molecule has 3 nitrogen and oxygen atoms in total. The second-order valence-electron chi connectivity index (χ2n) is 2.70. The first-order chi connectivity index (χ1) is 5.33. The van der Waals surface area contributed by atoms with Crippen LogP contribution < -0.4 is 0 Å². The highest BCUT2D eigenvalue weighted by atomic mass is 16.7. The largest absolute Gasteiger partial charge is 0.382 e. The molecule has 0 radical (unpaired) electrons. The Balaban J connectivity index is 1.99. The van der Waals surface area contributed by atoms with Crippen LogP contribution >= 0.6 is 0 Å². The van der Waals surface area contributed by atoms with Gasteiger partial charge in [0.05, 0.1) is 19.3 Å². The van der Waals surface area contributed by atoms with Gasteiger partial charge in [0.15, 0.2) is 6.29 Å². The second kappa shape index (κ2) is 4.70. The maximum Gasteiger partial charge on any atom is 0.160 e. The van der Waals surface area contributed by atoms with Crippen LogP contribution in [0.25, 0.3) is 0 Å². The zero-order valence-electron chi connectivity index (χ0n) is 7.21. The Labute approximate surface area is 67.6 Å². The molecule has 0 amide bonds. The average Bonchev–Trinajstić information content (AvgIpc) is 2.37. The lowest BCUT2D eigenvalue weighted by Crippen LogP contribution is -2.12. The topological polar surface area (TPSA) is 27.7 Å². The molecule has 0 saturated carbocycles. The maximum atomic E-state index is 5.41. The van der Waals surface area contributed by atoms with Gasteiger partial charge in [0.1, 0.15) is 0 Å². The Hall–Kier alpha value is -0.120. The predicted octanol–water partition coefficient (Wildman–Crippen LogP) is 1.17. The summed E-state index contributed by atoms with van der Waals surface area (Å²) >= 11 is 0. The van der Waals surface area contributed by atoms with E-state index in [1.54, 1.807) is 0 Å². The van der Waals surface area contributed by atoms with E-state index in [-0.39, 0.29) is 12.4 Å². The first-order valence-corrected chi connectivity index (χ1v) is 4.17. The highest BCUT2D eigenvalue weighted by Gasteiger charge is 2.21. The Kier molecular flexibility index (Phi) is 3.83. The molecule has 0 aromatic heterocycles. The van der Waals surface area contributed by atoms with Gasteiger partial charge in [-0.3, -0.25) is 0 Å². The molecule has 3 heteroatoms. The van der Waals surface area contributed by atoms with Crippen LogP contribution in [0.4, 0.5) is 0 Å². The average molecular weight is 160 g/mol. The van der Waals surface area contributed by atoms with Crippen molar-refractivity contribution in [2.45, 2.75) is 32.7 Å². The van der Waals surface area contributed by atoms with Gasteiger partial charge in [-0.15, -0.1) is 0 Å². The summed E-state index contributed by atoms with van der Waals surface area (Å²) in [5.41, 5.74) is 0. The summed E-state index contributed by atoms with van der Waals surface area (Å²) in [4.78, 5) is 0. The number of hydrogen-bond donors (Lipinski definition) is 0. The second-order valence-corrected chi connectivity index (χ2v) is 2.70. The minimum Gasteiger partial charge on any atom is -0.382 e. The van der Waals surface area contributed by atoms with Gasteiger partial charge in [-0.05, 0) is 13.8 Å². The van der Waals surface area contributed by atoms with Gasteiger partial charge in [0, 0.05) is 13.0 Å². The molecular formula is C8H16O3. The molecule has 11 heavy (non-hydrogen) atoms. The summed E-state index contributed by atoms with van der Waals surface area (Å²) in [6, 6.07) is 0. The smallest absolute Gasteiger partial charge is 0.160 e. The van der Waals surface area contributed by atoms with E-state index in [2.05, 4.69) is 0 Å². The molecule has 1 fully saturated rings. The first kappa shape index (κ1) is 8.97. The van der Waals surface area contributed by atoms with Crippen molar-refractivity contribution in [2.75, 3.05) is 19.8 Å². The molecule has 1 saturated heterocycles. The fraction of sp³-hybridized carbons (Fsp3) is 1.00. The Morgan fingerprint density at radius 1 is 1.55 bits per heavy atom. The molecule has 2 atom stereocenters. The lowest BCUT2D eigenvalue weighted by Gasteiger charge is -2.08. The van der Waals surface area contributed by atoms with Crippen molar-refractivity contribution < 1.29 is 14.2 Å². The van der Waals surface area contributed by atoms with Gasteiger partial charge in [-0.2, -0.15) is 0 Å². The van der Waals surface area contributed by atoms with E-state index in [1.807, 2.05) is 13.8 Å². The lowest BCUT2D eigenvalue weighted by atomic mass is 10.4. The Morgan fingerprint density at radius 2 is 2.36 bits per heavy atom. The van der Waals surface area contributed by atoms with Gasteiger partial charge in [-0.25, -0.2) is 0 Å². The van der Waals surface area contributed by atoms with Crippen LogP contribution in [0.3, 0.4) is 0 Å².